The molecule has 0 bridgehead atoms. The van der Waals surface area contributed by atoms with E-state index < -0.39 is 11.9 Å². The van der Waals surface area contributed by atoms with Crippen LogP contribution in [0.4, 0.5) is 0 Å². The number of carbonyl (C=O) groups is 2. The predicted molar refractivity (Wildman–Crippen MR) is 100 cm³/mol. The summed E-state index contributed by atoms with van der Waals surface area (Å²) >= 11 is 0. The van der Waals surface area contributed by atoms with Crippen molar-refractivity contribution in [2.24, 2.45) is 5.92 Å². The highest BCUT2D eigenvalue weighted by atomic mass is 16.5. The molecule has 2 N–H and O–H groups in total. The number of carboxylic acids is 1. The number of hydrogen-bond donors (Lipinski definition) is 2. The summed E-state index contributed by atoms with van der Waals surface area (Å²) in [6.45, 7) is 5.79. The van der Waals surface area contributed by atoms with Gasteiger partial charge in [0.1, 0.15) is 5.75 Å². The molecule has 2 aromatic rings. The van der Waals surface area contributed by atoms with Crippen LogP contribution in [0.3, 0.4) is 0 Å². The van der Waals surface area contributed by atoms with Gasteiger partial charge in [0.25, 0.3) is 5.91 Å². The van der Waals surface area contributed by atoms with Crippen molar-refractivity contribution in [3.05, 3.63) is 64.7 Å². The molecule has 0 fully saturated rings. The van der Waals surface area contributed by atoms with Crippen molar-refractivity contribution < 1.29 is 19.4 Å². The van der Waals surface area contributed by atoms with Crippen molar-refractivity contribution >= 4 is 11.9 Å². The van der Waals surface area contributed by atoms with Crippen molar-refractivity contribution in [3.63, 3.8) is 0 Å². The second kappa shape index (κ2) is 9.04. The highest BCUT2D eigenvalue weighted by Gasteiger charge is 2.20. The van der Waals surface area contributed by atoms with Gasteiger partial charge < -0.3 is 15.2 Å². The van der Waals surface area contributed by atoms with E-state index in [1.54, 1.807) is 0 Å². The van der Waals surface area contributed by atoms with E-state index in [0.29, 0.717) is 12.2 Å². The summed E-state index contributed by atoms with van der Waals surface area (Å²) in [5.41, 5.74) is 4.10. The Kier molecular flexibility index (Phi) is 6.78. The molecule has 5 nitrogen and oxygen atoms in total. The number of nitrogens with one attached hydrogen (secondary N) is 1. The molecule has 5 heteroatoms. The fourth-order valence-electron chi connectivity index (χ4n) is 2.74. The van der Waals surface area contributed by atoms with Gasteiger partial charge in [-0.25, -0.2) is 0 Å². The molecule has 2 aromatic carbocycles. The third-order valence-corrected chi connectivity index (χ3v) is 4.31. The molecular formula is C21H25NO4. The molecule has 138 valence electrons. The van der Waals surface area contributed by atoms with Crippen LogP contribution in [0.5, 0.6) is 5.75 Å². The molecular weight excluding hydrogens is 330 g/mol. The molecule has 2 rings (SSSR count). The quantitative estimate of drug-likeness (QED) is 0.763. The number of carboxylic acid groups (broad SMARTS) is 1. The first-order chi connectivity index (χ1) is 12.4. The molecule has 0 spiro atoms. The van der Waals surface area contributed by atoms with Gasteiger partial charge in [0.2, 0.25) is 0 Å². The molecule has 0 unspecified atom stereocenters. The van der Waals surface area contributed by atoms with E-state index >= 15 is 0 Å². The van der Waals surface area contributed by atoms with Gasteiger partial charge in [-0.1, -0.05) is 42.0 Å². The Balaban J connectivity index is 1.87. The van der Waals surface area contributed by atoms with Crippen LogP contribution < -0.4 is 10.1 Å². The number of aliphatic carboxylic acids is 1. The van der Waals surface area contributed by atoms with E-state index in [4.69, 9.17) is 4.74 Å². The van der Waals surface area contributed by atoms with Crippen LogP contribution in [-0.2, 0) is 16.0 Å². The maximum Gasteiger partial charge on any atom is 0.308 e. The summed E-state index contributed by atoms with van der Waals surface area (Å²) in [4.78, 5) is 23.5. The van der Waals surface area contributed by atoms with Gasteiger partial charge in [-0.3, -0.25) is 9.59 Å². The Morgan fingerprint density at radius 1 is 1.08 bits per heavy atom. The van der Waals surface area contributed by atoms with E-state index in [1.807, 2.05) is 63.2 Å². The number of amides is 1. The Bertz CT molecular complexity index is 785. The average molecular weight is 355 g/mol. The normalized spacial score (nSPS) is 11.7. The lowest BCUT2D eigenvalue weighted by molar-refractivity contribution is -0.141. The zero-order valence-corrected chi connectivity index (χ0v) is 15.4. The van der Waals surface area contributed by atoms with Gasteiger partial charge in [0.05, 0.1) is 5.92 Å². The minimum absolute atomic E-state index is 0.0682. The second-order valence-electron chi connectivity index (χ2n) is 6.53. The summed E-state index contributed by atoms with van der Waals surface area (Å²) in [6, 6.07) is 13.4. The number of ether oxygens (including phenoxy) is 1. The minimum atomic E-state index is -0.927. The number of hydrogen-bond acceptors (Lipinski definition) is 3. The molecule has 26 heavy (non-hydrogen) atoms. The zero-order valence-electron chi connectivity index (χ0n) is 15.4. The van der Waals surface area contributed by atoms with E-state index in [9.17, 15) is 14.7 Å². The summed E-state index contributed by atoms with van der Waals surface area (Å²) in [5.74, 6) is -1.29. The van der Waals surface area contributed by atoms with E-state index in [2.05, 4.69) is 5.32 Å². The molecule has 0 aliphatic rings. The van der Waals surface area contributed by atoms with Gasteiger partial charge >= 0.3 is 5.97 Å². The first-order valence-electron chi connectivity index (χ1n) is 8.61. The standard InChI is InChI=1S/C21H25NO4/c1-14-8-9-19(16(3)10-14)26-13-20(23)22-12-18(21(24)25)11-17-7-5-4-6-15(17)2/h4-10,18H,11-13H2,1-3H3,(H,22,23)(H,24,25)/t18-/m0/s1. The topological polar surface area (TPSA) is 75.6 Å². The van der Waals surface area contributed by atoms with Gasteiger partial charge in [0, 0.05) is 6.54 Å². The van der Waals surface area contributed by atoms with Crippen LogP contribution in [0.25, 0.3) is 0 Å². The third-order valence-electron chi connectivity index (χ3n) is 4.31. The molecule has 1 atom stereocenters. The lowest BCUT2D eigenvalue weighted by atomic mass is 9.96. The maximum absolute atomic E-state index is 12.0. The average Bonchev–Trinajstić information content (AvgIpc) is 2.59. The van der Waals surface area contributed by atoms with Crippen molar-refractivity contribution in [2.45, 2.75) is 27.2 Å². The summed E-state index contributed by atoms with van der Waals surface area (Å²) in [5, 5.41) is 12.1. The molecule has 0 radical (unpaired) electrons. The molecule has 0 aliphatic heterocycles. The number of aryl methyl sites for hydroxylation is 3. The Labute approximate surface area is 154 Å². The Morgan fingerprint density at radius 3 is 2.46 bits per heavy atom. The number of rotatable bonds is 8. The zero-order chi connectivity index (χ0) is 19.1. The smallest absolute Gasteiger partial charge is 0.308 e. The molecule has 0 aliphatic carbocycles. The highest BCUT2D eigenvalue weighted by molar-refractivity contribution is 5.78. The monoisotopic (exact) mass is 355 g/mol. The fourth-order valence-corrected chi connectivity index (χ4v) is 2.74. The van der Waals surface area contributed by atoms with Crippen LogP contribution >= 0.6 is 0 Å². The lowest BCUT2D eigenvalue weighted by Gasteiger charge is -2.15. The van der Waals surface area contributed by atoms with Gasteiger partial charge in [-0.05, 0) is 49.9 Å². The maximum atomic E-state index is 12.0. The first-order valence-corrected chi connectivity index (χ1v) is 8.61. The Hall–Kier alpha value is -2.82. The van der Waals surface area contributed by atoms with E-state index in [0.717, 1.165) is 22.3 Å². The van der Waals surface area contributed by atoms with Crippen LogP contribution in [0.15, 0.2) is 42.5 Å². The number of carbonyl (C=O) groups excluding carboxylic acids is 1. The van der Waals surface area contributed by atoms with Gasteiger partial charge in [-0.2, -0.15) is 0 Å². The van der Waals surface area contributed by atoms with E-state index in [1.165, 1.54) is 0 Å². The largest absolute Gasteiger partial charge is 0.484 e. The van der Waals surface area contributed by atoms with Crippen molar-refractivity contribution in [2.75, 3.05) is 13.2 Å². The van der Waals surface area contributed by atoms with Crippen molar-refractivity contribution in [1.82, 2.24) is 5.32 Å². The summed E-state index contributed by atoms with van der Waals surface area (Å²) < 4.78 is 5.52. The van der Waals surface area contributed by atoms with Crippen molar-refractivity contribution in [1.29, 1.82) is 0 Å². The first kappa shape index (κ1) is 19.5. The molecule has 0 saturated carbocycles. The van der Waals surface area contributed by atoms with Crippen LogP contribution in [0.1, 0.15) is 22.3 Å². The highest BCUT2D eigenvalue weighted by Crippen LogP contribution is 2.18. The van der Waals surface area contributed by atoms with Crippen LogP contribution in [-0.4, -0.2) is 30.1 Å². The van der Waals surface area contributed by atoms with Gasteiger partial charge in [0.15, 0.2) is 6.61 Å². The molecule has 0 aromatic heterocycles. The lowest BCUT2D eigenvalue weighted by Crippen LogP contribution is -2.36. The molecule has 1 amide bonds. The second-order valence-corrected chi connectivity index (χ2v) is 6.53. The van der Waals surface area contributed by atoms with Crippen molar-refractivity contribution in [3.8, 4) is 5.75 Å². The predicted octanol–water partition coefficient (Wildman–Crippen LogP) is 3.05. The number of benzene rings is 2. The third kappa shape index (κ3) is 5.62. The van der Waals surface area contributed by atoms with Crippen LogP contribution in [0.2, 0.25) is 0 Å². The molecule has 0 saturated heterocycles. The minimum Gasteiger partial charge on any atom is -0.484 e. The van der Waals surface area contributed by atoms with Crippen LogP contribution in [0, 0.1) is 26.7 Å². The molecule has 0 heterocycles. The summed E-state index contributed by atoms with van der Waals surface area (Å²) in [6.07, 6.45) is 0.375. The van der Waals surface area contributed by atoms with Gasteiger partial charge in [-0.15, -0.1) is 0 Å². The SMILES string of the molecule is Cc1ccc(OCC(=O)NC[C@H](Cc2ccccc2C)C(=O)O)c(C)c1. The Morgan fingerprint density at radius 2 is 1.81 bits per heavy atom. The van der Waals surface area contributed by atoms with E-state index in [-0.39, 0.29) is 19.1 Å². The summed E-state index contributed by atoms with van der Waals surface area (Å²) in [7, 11) is 0. The fraction of sp³-hybridized carbons (Fsp3) is 0.333.